The molecule has 0 bridgehead atoms. The molecule has 1 unspecified atom stereocenters. The molecule has 0 saturated heterocycles. The van der Waals surface area contributed by atoms with Gasteiger partial charge < -0.3 is 5.32 Å². The molecule has 0 aromatic heterocycles. The minimum atomic E-state index is -3.64. The number of hydrogen-bond acceptors (Lipinski definition) is 3. The first-order chi connectivity index (χ1) is 13.8. The lowest BCUT2D eigenvalue weighted by Crippen LogP contribution is -2.45. The van der Waals surface area contributed by atoms with Crippen molar-refractivity contribution in [1.82, 2.24) is 0 Å². The van der Waals surface area contributed by atoms with Crippen molar-refractivity contribution < 1.29 is 13.2 Å². The van der Waals surface area contributed by atoms with Crippen LogP contribution in [0.2, 0.25) is 0 Å². The number of hydrogen-bond donors (Lipinski definition) is 1. The molecular formula is C23H24N2O3S. The Labute approximate surface area is 171 Å². The summed E-state index contributed by atoms with van der Waals surface area (Å²) in [5.41, 5.74) is 4.79. The van der Waals surface area contributed by atoms with E-state index in [9.17, 15) is 13.2 Å². The van der Waals surface area contributed by atoms with Crippen LogP contribution in [0.25, 0.3) is 10.8 Å². The Morgan fingerprint density at radius 1 is 1.00 bits per heavy atom. The van der Waals surface area contributed by atoms with Gasteiger partial charge in [0.15, 0.2) is 0 Å². The van der Waals surface area contributed by atoms with Crippen LogP contribution in [-0.2, 0) is 27.7 Å². The number of benzene rings is 3. The number of nitrogens with zero attached hydrogens (tertiary/aromatic N) is 1. The van der Waals surface area contributed by atoms with Crippen LogP contribution in [0.15, 0.2) is 54.6 Å². The van der Waals surface area contributed by atoms with E-state index >= 15 is 0 Å². The molecule has 1 N–H and O–H groups in total. The first-order valence-electron chi connectivity index (χ1n) is 9.66. The minimum Gasteiger partial charge on any atom is -0.324 e. The van der Waals surface area contributed by atoms with E-state index < -0.39 is 16.1 Å². The number of anilines is 2. The van der Waals surface area contributed by atoms with Gasteiger partial charge in [0.1, 0.15) is 6.04 Å². The van der Waals surface area contributed by atoms with Crippen LogP contribution >= 0.6 is 0 Å². The maximum atomic E-state index is 13.1. The molecule has 3 aromatic rings. The molecule has 5 nitrogen and oxygen atoms in total. The number of carbonyl (C=O) groups is 1. The van der Waals surface area contributed by atoms with E-state index in [0.29, 0.717) is 11.4 Å². The third-order valence-electron chi connectivity index (χ3n) is 5.51. The van der Waals surface area contributed by atoms with Gasteiger partial charge in [-0.1, -0.05) is 42.0 Å². The van der Waals surface area contributed by atoms with Crippen LogP contribution in [0.1, 0.15) is 23.6 Å². The first-order valence-corrected chi connectivity index (χ1v) is 11.5. The lowest BCUT2D eigenvalue weighted by Gasteiger charge is -2.28. The molecule has 0 radical (unpaired) electrons. The molecular weight excluding hydrogens is 384 g/mol. The molecule has 4 rings (SSSR count). The SMILES string of the molecule is Cc1ccc(N(C(C)C(=O)Nc2ccc3c4c(cccc24)CC3)S(C)(=O)=O)cc1. The van der Waals surface area contributed by atoms with Crippen molar-refractivity contribution in [1.29, 1.82) is 0 Å². The van der Waals surface area contributed by atoms with E-state index in [-0.39, 0.29) is 5.91 Å². The molecule has 0 heterocycles. The molecule has 0 spiro atoms. The average Bonchev–Trinajstić information content (AvgIpc) is 3.09. The van der Waals surface area contributed by atoms with Crippen LogP contribution in [0, 0.1) is 6.92 Å². The second kappa shape index (κ2) is 7.19. The van der Waals surface area contributed by atoms with Gasteiger partial charge in [-0.05, 0) is 61.4 Å². The Hall–Kier alpha value is -2.86. The number of nitrogens with one attached hydrogen (secondary N) is 1. The van der Waals surface area contributed by atoms with Crippen LogP contribution in [-0.4, -0.2) is 26.6 Å². The second-order valence-electron chi connectivity index (χ2n) is 7.67. The van der Waals surface area contributed by atoms with Crippen molar-refractivity contribution in [2.45, 2.75) is 32.7 Å². The van der Waals surface area contributed by atoms with Gasteiger partial charge in [-0.15, -0.1) is 0 Å². The molecule has 6 heteroatoms. The Morgan fingerprint density at radius 2 is 1.66 bits per heavy atom. The summed E-state index contributed by atoms with van der Waals surface area (Å²) in [7, 11) is -3.64. The molecule has 0 saturated carbocycles. The van der Waals surface area contributed by atoms with Gasteiger partial charge in [0, 0.05) is 11.1 Å². The summed E-state index contributed by atoms with van der Waals surface area (Å²) in [6.07, 6.45) is 3.14. The van der Waals surface area contributed by atoms with Gasteiger partial charge in [0.05, 0.1) is 11.9 Å². The lowest BCUT2D eigenvalue weighted by atomic mass is 10.0. The fourth-order valence-electron chi connectivity index (χ4n) is 4.09. The Bertz CT molecular complexity index is 1190. The third-order valence-corrected chi connectivity index (χ3v) is 6.75. The summed E-state index contributed by atoms with van der Waals surface area (Å²) in [4.78, 5) is 13.1. The molecule has 1 aliphatic carbocycles. The molecule has 0 aliphatic heterocycles. The molecule has 0 fully saturated rings. The summed E-state index contributed by atoms with van der Waals surface area (Å²) in [6.45, 7) is 3.54. The highest BCUT2D eigenvalue weighted by Gasteiger charge is 2.29. The second-order valence-corrected chi connectivity index (χ2v) is 9.53. The van der Waals surface area contributed by atoms with E-state index in [0.717, 1.165) is 30.0 Å². The number of aryl methyl sites for hydroxylation is 3. The average molecular weight is 409 g/mol. The zero-order valence-electron chi connectivity index (χ0n) is 16.8. The fraction of sp³-hybridized carbons (Fsp3) is 0.261. The van der Waals surface area contributed by atoms with Crippen molar-refractivity contribution in [3.8, 4) is 0 Å². The van der Waals surface area contributed by atoms with Crippen molar-refractivity contribution in [3.05, 3.63) is 71.3 Å². The number of rotatable bonds is 5. The summed E-state index contributed by atoms with van der Waals surface area (Å²) >= 11 is 0. The standard InChI is InChI=1S/C23H24N2O3S/c1-15-7-12-19(13-8-15)25(29(3,27)28)16(2)23(26)24-21-14-11-18-10-9-17-5-4-6-20(21)22(17)18/h4-8,11-14,16H,9-10H2,1-3H3,(H,24,26). The topological polar surface area (TPSA) is 66.5 Å². The maximum absolute atomic E-state index is 13.1. The predicted molar refractivity (Wildman–Crippen MR) is 118 cm³/mol. The van der Waals surface area contributed by atoms with Crippen LogP contribution < -0.4 is 9.62 Å². The zero-order valence-corrected chi connectivity index (χ0v) is 17.6. The Balaban J connectivity index is 1.67. The summed E-state index contributed by atoms with van der Waals surface area (Å²) in [6, 6.07) is 16.3. The van der Waals surface area contributed by atoms with Gasteiger partial charge in [-0.25, -0.2) is 8.42 Å². The Kier molecular flexibility index (Phi) is 4.82. The molecule has 3 aromatic carbocycles. The van der Waals surface area contributed by atoms with Crippen molar-refractivity contribution in [3.63, 3.8) is 0 Å². The smallest absolute Gasteiger partial charge is 0.248 e. The third kappa shape index (κ3) is 3.60. The first kappa shape index (κ1) is 19.5. The summed E-state index contributed by atoms with van der Waals surface area (Å²) in [5, 5.41) is 5.16. The minimum absolute atomic E-state index is 0.366. The highest BCUT2D eigenvalue weighted by Crippen LogP contribution is 2.35. The molecule has 29 heavy (non-hydrogen) atoms. The zero-order chi connectivity index (χ0) is 20.8. The van der Waals surface area contributed by atoms with Crippen molar-refractivity contribution in [2.24, 2.45) is 0 Å². The normalized spacial score (nSPS) is 14.0. The summed E-state index contributed by atoms with van der Waals surface area (Å²) < 4.78 is 26.1. The van der Waals surface area contributed by atoms with E-state index in [1.807, 2.05) is 43.3 Å². The number of sulfonamides is 1. The van der Waals surface area contributed by atoms with Gasteiger partial charge in [0.25, 0.3) is 0 Å². The predicted octanol–water partition coefficient (Wildman–Crippen LogP) is 4.04. The Morgan fingerprint density at radius 3 is 2.31 bits per heavy atom. The largest absolute Gasteiger partial charge is 0.324 e. The molecule has 1 atom stereocenters. The molecule has 1 amide bonds. The van der Waals surface area contributed by atoms with Crippen LogP contribution in [0.4, 0.5) is 11.4 Å². The van der Waals surface area contributed by atoms with E-state index in [1.165, 1.54) is 20.8 Å². The quantitative estimate of drug-likeness (QED) is 0.693. The fourth-order valence-corrected chi connectivity index (χ4v) is 5.27. The van der Waals surface area contributed by atoms with Gasteiger partial charge in [-0.2, -0.15) is 0 Å². The van der Waals surface area contributed by atoms with E-state index in [4.69, 9.17) is 0 Å². The van der Waals surface area contributed by atoms with E-state index in [2.05, 4.69) is 11.4 Å². The monoisotopic (exact) mass is 408 g/mol. The number of carbonyl (C=O) groups excluding carboxylic acids is 1. The van der Waals surface area contributed by atoms with Crippen molar-refractivity contribution >= 4 is 38.1 Å². The lowest BCUT2D eigenvalue weighted by molar-refractivity contribution is -0.116. The highest BCUT2D eigenvalue weighted by atomic mass is 32.2. The van der Waals surface area contributed by atoms with Gasteiger partial charge in [-0.3, -0.25) is 9.10 Å². The van der Waals surface area contributed by atoms with Gasteiger partial charge >= 0.3 is 0 Å². The van der Waals surface area contributed by atoms with Crippen molar-refractivity contribution in [2.75, 3.05) is 15.9 Å². The summed E-state index contributed by atoms with van der Waals surface area (Å²) in [5.74, 6) is -0.366. The van der Waals surface area contributed by atoms with Crippen LogP contribution in [0.5, 0.6) is 0 Å². The molecule has 150 valence electrons. The molecule has 1 aliphatic rings. The highest BCUT2D eigenvalue weighted by molar-refractivity contribution is 7.92. The van der Waals surface area contributed by atoms with Crippen LogP contribution in [0.3, 0.4) is 0 Å². The number of amides is 1. The van der Waals surface area contributed by atoms with E-state index in [1.54, 1.807) is 19.1 Å². The van der Waals surface area contributed by atoms with Gasteiger partial charge in [0.2, 0.25) is 15.9 Å². The maximum Gasteiger partial charge on any atom is 0.248 e.